The first kappa shape index (κ1) is 20.3. The Morgan fingerprint density at radius 1 is 1.00 bits per heavy atom. The third-order valence-electron chi connectivity index (χ3n) is 3.79. The second-order valence-electron chi connectivity index (χ2n) is 6.09. The molecule has 0 saturated heterocycles. The van der Waals surface area contributed by atoms with Crippen LogP contribution in [0.4, 0.5) is 11.4 Å². The highest BCUT2D eigenvalue weighted by atomic mass is 16.5. The van der Waals surface area contributed by atoms with E-state index in [9.17, 15) is 9.59 Å². The molecule has 0 fully saturated rings. The Labute approximate surface area is 159 Å². The monoisotopic (exact) mass is 370 g/mol. The summed E-state index contributed by atoms with van der Waals surface area (Å²) >= 11 is 0. The maximum atomic E-state index is 12.2. The number of hydrogen-bond acceptors (Lipinski definition) is 4. The van der Waals surface area contributed by atoms with Crippen molar-refractivity contribution >= 4 is 23.2 Å². The molecule has 0 heterocycles. The predicted octanol–water partition coefficient (Wildman–Crippen LogP) is 4.15. The number of rotatable bonds is 9. The van der Waals surface area contributed by atoms with Crippen LogP contribution in [0.2, 0.25) is 0 Å². The van der Waals surface area contributed by atoms with Crippen molar-refractivity contribution < 1.29 is 19.1 Å². The number of benzene rings is 2. The number of carbonyl (C=O) groups is 2. The van der Waals surface area contributed by atoms with Gasteiger partial charge in [-0.25, -0.2) is 0 Å². The van der Waals surface area contributed by atoms with Crippen LogP contribution in [0.25, 0.3) is 0 Å². The molecule has 0 aliphatic heterocycles. The summed E-state index contributed by atoms with van der Waals surface area (Å²) in [6.07, 6.45) is 0.914. The first-order valence-electron chi connectivity index (χ1n) is 9.02. The lowest BCUT2D eigenvalue weighted by atomic mass is 10.1. The molecule has 27 heavy (non-hydrogen) atoms. The van der Waals surface area contributed by atoms with E-state index in [1.165, 1.54) is 6.92 Å². The quantitative estimate of drug-likeness (QED) is 0.650. The number of ether oxygens (including phenoxy) is 2. The fraction of sp³-hybridized carbons (Fsp3) is 0.333. The zero-order valence-electron chi connectivity index (χ0n) is 16.0. The van der Waals surface area contributed by atoms with Crippen LogP contribution in [-0.2, 0) is 9.59 Å². The molecule has 144 valence electrons. The van der Waals surface area contributed by atoms with E-state index in [-0.39, 0.29) is 11.8 Å². The van der Waals surface area contributed by atoms with Crippen LogP contribution in [0.1, 0.15) is 32.3 Å². The van der Waals surface area contributed by atoms with Gasteiger partial charge in [0.25, 0.3) is 0 Å². The molecule has 6 nitrogen and oxygen atoms in total. The molecule has 2 rings (SSSR count). The third kappa shape index (κ3) is 6.66. The largest absolute Gasteiger partial charge is 0.490 e. The number of nitrogens with one attached hydrogen (secondary N) is 2. The minimum atomic E-state index is -0.152. The molecule has 0 saturated carbocycles. The van der Waals surface area contributed by atoms with Crippen molar-refractivity contribution in [1.29, 1.82) is 0 Å². The fourth-order valence-electron chi connectivity index (χ4n) is 2.51. The van der Waals surface area contributed by atoms with Crippen LogP contribution in [0.5, 0.6) is 11.5 Å². The van der Waals surface area contributed by atoms with Crippen molar-refractivity contribution in [2.45, 2.75) is 33.6 Å². The second-order valence-corrected chi connectivity index (χ2v) is 6.09. The van der Waals surface area contributed by atoms with E-state index in [1.54, 1.807) is 12.1 Å². The Kier molecular flexibility index (Phi) is 7.67. The van der Waals surface area contributed by atoms with Crippen LogP contribution < -0.4 is 20.1 Å². The number of anilines is 2. The van der Waals surface area contributed by atoms with Crippen LogP contribution in [0, 0.1) is 6.92 Å². The van der Waals surface area contributed by atoms with Gasteiger partial charge in [-0.2, -0.15) is 0 Å². The van der Waals surface area contributed by atoms with Gasteiger partial charge in [0.05, 0.1) is 13.2 Å². The average molecular weight is 370 g/mol. The lowest BCUT2D eigenvalue weighted by Gasteiger charge is -2.12. The Hall–Kier alpha value is -3.02. The highest BCUT2D eigenvalue weighted by Crippen LogP contribution is 2.26. The second kappa shape index (κ2) is 10.2. The minimum absolute atomic E-state index is 0.0974. The van der Waals surface area contributed by atoms with E-state index in [1.807, 2.05) is 44.2 Å². The molecule has 2 amide bonds. The van der Waals surface area contributed by atoms with Crippen molar-refractivity contribution in [2.24, 2.45) is 0 Å². The molecule has 2 aromatic rings. The number of hydrogen-bond donors (Lipinski definition) is 2. The van der Waals surface area contributed by atoms with Gasteiger partial charge in [-0.1, -0.05) is 18.2 Å². The van der Waals surface area contributed by atoms with E-state index >= 15 is 0 Å². The summed E-state index contributed by atoms with van der Waals surface area (Å²) < 4.78 is 11.2. The first-order chi connectivity index (χ1) is 13.0. The molecule has 0 aromatic heterocycles. The van der Waals surface area contributed by atoms with Gasteiger partial charge in [-0.3, -0.25) is 9.59 Å². The first-order valence-corrected chi connectivity index (χ1v) is 9.02. The molecule has 2 aromatic carbocycles. The summed E-state index contributed by atoms with van der Waals surface area (Å²) in [5.74, 6) is 1.13. The maximum Gasteiger partial charge on any atom is 0.224 e. The number of amides is 2. The summed E-state index contributed by atoms with van der Waals surface area (Å²) in [4.78, 5) is 23.4. The summed E-state index contributed by atoms with van der Waals surface area (Å²) in [7, 11) is 0. The van der Waals surface area contributed by atoms with Gasteiger partial charge in [0.15, 0.2) is 11.5 Å². The average Bonchev–Trinajstić information content (AvgIpc) is 2.62. The minimum Gasteiger partial charge on any atom is -0.490 e. The van der Waals surface area contributed by atoms with Gasteiger partial charge in [0, 0.05) is 24.7 Å². The van der Waals surface area contributed by atoms with E-state index in [0.29, 0.717) is 48.9 Å². The lowest BCUT2D eigenvalue weighted by Crippen LogP contribution is -2.14. The van der Waals surface area contributed by atoms with Crippen LogP contribution >= 0.6 is 0 Å². The molecular weight excluding hydrogens is 344 g/mol. The standard InChI is InChI=1S/C21H26N2O4/c1-4-26-19-8-5-6-9-20(19)27-13-7-10-21(25)23-18-14-17(22-16(3)24)12-11-15(18)2/h5-6,8-9,11-12,14H,4,7,10,13H2,1-3H3,(H,22,24)(H,23,25). The molecule has 2 N–H and O–H groups in total. The Balaban J connectivity index is 1.82. The maximum absolute atomic E-state index is 12.2. The summed E-state index contributed by atoms with van der Waals surface area (Å²) in [6.45, 7) is 6.26. The van der Waals surface area contributed by atoms with Gasteiger partial charge in [-0.15, -0.1) is 0 Å². The van der Waals surface area contributed by atoms with Crippen molar-refractivity contribution in [3.8, 4) is 11.5 Å². The van der Waals surface area contributed by atoms with E-state index in [4.69, 9.17) is 9.47 Å². The molecule has 6 heteroatoms. The number of para-hydroxylation sites is 2. The molecule has 0 aliphatic carbocycles. The van der Waals surface area contributed by atoms with Crippen molar-refractivity contribution in [3.05, 3.63) is 48.0 Å². The molecule has 0 radical (unpaired) electrons. The van der Waals surface area contributed by atoms with Crippen molar-refractivity contribution in [2.75, 3.05) is 23.8 Å². The van der Waals surface area contributed by atoms with E-state index in [2.05, 4.69) is 10.6 Å². The molecule has 0 spiro atoms. The van der Waals surface area contributed by atoms with Crippen LogP contribution in [0.3, 0.4) is 0 Å². The molecule has 0 atom stereocenters. The molecule has 0 bridgehead atoms. The van der Waals surface area contributed by atoms with Gasteiger partial charge in [0.2, 0.25) is 11.8 Å². The topological polar surface area (TPSA) is 76.7 Å². The highest BCUT2D eigenvalue weighted by molar-refractivity contribution is 5.94. The summed E-state index contributed by atoms with van der Waals surface area (Å²) in [6, 6.07) is 12.9. The third-order valence-corrected chi connectivity index (χ3v) is 3.79. The summed E-state index contributed by atoms with van der Waals surface area (Å²) in [5.41, 5.74) is 2.27. The van der Waals surface area contributed by atoms with Crippen molar-refractivity contribution in [1.82, 2.24) is 0 Å². The Bertz CT molecular complexity index is 790. The fourth-order valence-corrected chi connectivity index (χ4v) is 2.51. The van der Waals surface area contributed by atoms with E-state index < -0.39 is 0 Å². The van der Waals surface area contributed by atoms with Crippen molar-refractivity contribution in [3.63, 3.8) is 0 Å². The number of aryl methyl sites for hydroxylation is 1. The highest BCUT2D eigenvalue weighted by Gasteiger charge is 2.08. The van der Waals surface area contributed by atoms with Crippen LogP contribution in [0.15, 0.2) is 42.5 Å². The van der Waals surface area contributed by atoms with Gasteiger partial charge in [0.1, 0.15) is 0 Å². The SMILES string of the molecule is CCOc1ccccc1OCCCC(=O)Nc1cc(NC(C)=O)ccc1C. The normalized spacial score (nSPS) is 10.2. The van der Waals surface area contributed by atoms with Gasteiger partial charge < -0.3 is 20.1 Å². The van der Waals surface area contributed by atoms with Gasteiger partial charge >= 0.3 is 0 Å². The van der Waals surface area contributed by atoms with Crippen LogP contribution in [-0.4, -0.2) is 25.0 Å². The predicted molar refractivity (Wildman–Crippen MR) is 106 cm³/mol. The zero-order chi connectivity index (χ0) is 19.6. The Morgan fingerprint density at radius 2 is 1.70 bits per heavy atom. The van der Waals surface area contributed by atoms with E-state index in [0.717, 1.165) is 5.56 Å². The number of carbonyl (C=O) groups excluding carboxylic acids is 2. The Morgan fingerprint density at radius 3 is 2.37 bits per heavy atom. The molecule has 0 unspecified atom stereocenters. The molecule has 0 aliphatic rings. The smallest absolute Gasteiger partial charge is 0.224 e. The molecular formula is C21H26N2O4. The zero-order valence-corrected chi connectivity index (χ0v) is 16.0. The summed E-state index contributed by atoms with van der Waals surface area (Å²) in [5, 5.41) is 5.59. The lowest BCUT2D eigenvalue weighted by molar-refractivity contribution is -0.116. The van der Waals surface area contributed by atoms with Gasteiger partial charge in [-0.05, 0) is 50.1 Å².